The summed E-state index contributed by atoms with van der Waals surface area (Å²) in [6, 6.07) is 3.58. The smallest absolute Gasteiger partial charge is 0.161 e. The van der Waals surface area contributed by atoms with E-state index in [4.69, 9.17) is 18.0 Å². The highest BCUT2D eigenvalue weighted by Gasteiger charge is 2.17. The van der Waals surface area contributed by atoms with Gasteiger partial charge in [-0.15, -0.1) is 0 Å². The van der Waals surface area contributed by atoms with Gasteiger partial charge in [-0.1, -0.05) is 12.2 Å². The molecule has 0 saturated heterocycles. The number of anilines is 2. The number of halogens is 5. The number of nitrogens with one attached hydrogen (secondary N) is 1. The summed E-state index contributed by atoms with van der Waals surface area (Å²) in [5.41, 5.74) is 4.77. The van der Waals surface area contributed by atoms with Gasteiger partial charge in [0.15, 0.2) is 17.5 Å². The Labute approximate surface area is 131 Å². The van der Waals surface area contributed by atoms with Crippen LogP contribution in [0.5, 0.6) is 0 Å². The predicted molar refractivity (Wildman–Crippen MR) is 79.6 cm³/mol. The van der Waals surface area contributed by atoms with Crippen molar-refractivity contribution in [1.82, 2.24) is 0 Å². The fourth-order valence-electron chi connectivity index (χ4n) is 1.63. The quantitative estimate of drug-likeness (QED) is 0.614. The molecule has 0 bridgehead atoms. The second-order valence-electron chi connectivity index (χ2n) is 4.02. The predicted octanol–water partition coefficient (Wildman–Crippen LogP) is 4.38. The molecule has 0 unspecified atom stereocenters. The van der Waals surface area contributed by atoms with Gasteiger partial charge >= 0.3 is 0 Å². The molecule has 110 valence electrons. The van der Waals surface area contributed by atoms with Gasteiger partial charge in [0.25, 0.3) is 0 Å². The molecule has 0 heterocycles. The molecule has 0 aliphatic rings. The van der Waals surface area contributed by atoms with Crippen molar-refractivity contribution in [2.24, 2.45) is 5.73 Å². The topological polar surface area (TPSA) is 38.0 Å². The van der Waals surface area contributed by atoms with Gasteiger partial charge in [-0.2, -0.15) is 0 Å². The Morgan fingerprint density at radius 1 is 1.10 bits per heavy atom. The van der Waals surface area contributed by atoms with Crippen molar-refractivity contribution in [3.8, 4) is 0 Å². The first-order valence-corrected chi connectivity index (χ1v) is 6.70. The van der Waals surface area contributed by atoms with Crippen molar-refractivity contribution in [1.29, 1.82) is 0 Å². The fourth-order valence-corrected chi connectivity index (χ4v) is 2.49. The summed E-state index contributed by atoms with van der Waals surface area (Å²) in [6.45, 7) is 0. The van der Waals surface area contributed by atoms with E-state index in [1.54, 1.807) is 0 Å². The average Bonchev–Trinajstić information content (AvgIpc) is 2.38. The maximum atomic E-state index is 14.1. The van der Waals surface area contributed by atoms with Crippen LogP contribution in [0, 0.1) is 23.3 Å². The van der Waals surface area contributed by atoms with Crippen LogP contribution >= 0.6 is 28.1 Å². The third-order valence-corrected chi connectivity index (χ3v) is 3.61. The van der Waals surface area contributed by atoms with E-state index in [-0.39, 0.29) is 20.7 Å². The van der Waals surface area contributed by atoms with Gasteiger partial charge in [-0.25, -0.2) is 17.6 Å². The van der Waals surface area contributed by atoms with E-state index >= 15 is 0 Å². The Bertz CT molecular complexity index is 713. The van der Waals surface area contributed by atoms with Crippen molar-refractivity contribution < 1.29 is 17.6 Å². The van der Waals surface area contributed by atoms with Crippen LogP contribution < -0.4 is 11.1 Å². The van der Waals surface area contributed by atoms with E-state index in [2.05, 4.69) is 21.2 Å². The van der Waals surface area contributed by atoms with Crippen LogP contribution in [-0.2, 0) is 0 Å². The van der Waals surface area contributed by atoms with E-state index in [1.165, 1.54) is 12.1 Å². The zero-order chi connectivity index (χ0) is 15.7. The van der Waals surface area contributed by atoms with E-state index in [0.29, 0.717) is 12.1 Å². The van der Waals surface area contributed by atoms with Crippen LogP contribution in [0.3, 0.4) is 0 Å². The van der Waals surface area contributed by atoms with Gasteiger partial charge in [0.1, 0.15) is 16.5 Å². The maximum absolute atomic E-state index is 14.1. The molecule has 0 atom stereocenters. The highest BCUT2D eigenvalue weighted by molar-refractivity contribution is 9.10. The fraction of sp³-hybridized carbons (Fsp3) is 0. The number of nitrogens with two attached hydrogens (primary N) is 1. The van der Waals surface area contributed by atoms with Crippen molar-refractivity contribution in [2.45, 2.75) is 0 Å². The Hall–Kier alpha value is -1.67. The molecule has 0 aromatic heterocycles. The molecule has 0 aliphatic heterocycles. The van der Waals surface area contributed by atoms with Crippen LogP contribution in [0.25, 0.3) is 0 Å². The molecule has 2 aromatic rings. The molecular formula is C13H7BrF4N2S. The lowest BCUT2D eigenvalue weighted by Crippen LogP contribution is -2.11. The molecule has 2 nitrogen and oxygen atoms in total. The summed E-state index contributed by atoms with van der Waals surface area (Å²) in [5.74, 6) is -4.26. The summed E-state index contributed by atoms with van der Waals surface area (Å²) >= 11 is 7.70. The number of rotatable bonds is 3. The molecule has 0 saturated carbocycles. The summed E-state index contributed by atoms with van der Waals surface area (Å²) in [7, 11) is 0. The molecule has 0 radical (unpaired) electrons. The van der Waals surface area contributed by atoms with E-state index in [9.17, 15) is 17.6 Å². The third-order valence-electron chi connectivity index (χ3n) is 2.61. The van der Waals surface area contributed by atoms with Crippen LogP contribution in [0.4, 0.5) is 28.9 Å². The molecule has 8 heteroatoms. The first kappa shape index (κ1) is 15.7. The molecule has 0 spiro atoms. The molecule has 2 rings (SSSR count). The Morgan fingerprint density at radius 3 is 2.19 bits per heavy atom. The Morgan fingerprint density at radius 2 is 1.67 bits per heavy atom. The summed E-state index contributed by atoms with van der Waals surface area (Å²) in [4.78, 5) is -0.0357. The second kappa shape index (κ2) is 5.98. The highest BCUT2D eigenvalue weighted by Crippen LogP contribution is 2.31. The van der Waals surface area contributed by atoms with Crippen LogP contribution in [0.15, 0.2) is 28.7 Å². The highest BCUT2D eigenvalue weighted by atomic mass is 79.9. The number of hydrogen-bond donors (Lipinski definition) is 2. The molecule has 21 heavy (non-hydrogen) atoms. The molecule has 2 aromatic carbocycles. The molecule has 3 N–H and O–H groups in total. The Kier molecular flexibility index (Phi) is 4.48. The van der Waals surface area contributed by atoms with E-state index in [0.717, 1.165) is 0 Å². The largest absolute Gasteiger partial charge is 0.389 e. The van der Waals surface area contributed by atoms with E-state index < -0.39 is 29.0 Å². The zero-order valence-corrected chi connectivity index (χ0v) is 12.6. The third kappa shape index (κ3) is 3.16. The normalized spacial score (nSPS) is 10.5. The summed E-state index contributed by atoms with van der Waals surface area (Å²) in [6.07, 6.45) is 0. The minimum atomic E-state index is -1.18. The molecule has 0 aliphatic carbocycles. The monoisotopic (exact) mass is 378 g/mol. The number of hydrogen-bond acceptors (Lipinski definition) is 2. The SMILES string of the molecule is NC(=S)c1ccc(Nc2c(F)cc(F)cc2F)c(F)c1Br. The van der Waals surface area contributed by atoms with Crippen molar-refractivity contribution in [2.75, 3.05) is 5.32 Å². The van der Waals surface area contributed by atoms with Gasteiger partial charge in [-0.3, -0.25) is 0 Å². The summed E-state index contributed by atoms with van der Waals surface area (Å²) < 4.78 is 53.9. The maximum Gasteiger partial charge on any atom is 0.161 e. The summed E-state index contributed by atoms with van der Waals surface area (Å²) in [5, 5.41) is 2.24. The molecule has 0 fully saturated rings. The van der Waals surface area contributed by atoms with E-state index in [1.807, 2.05) is 0 Å². The standard InChI is InChI=1S/C13H7BrF4N2S/c14-10-6(13(19)21)1-2-9(11(10)18)20-12-7(16)3-5(15)4-8(12)17/h1-4,20H,(H2,19,21). The lowest BCUT2D eigenvalue weighted by molar-refractivity contribution is 0.548. The van der Waals surface area contributed by atoms with Crippen LogP contribution in [0.1, 0.15) is 5.56 Å². The van der Waals surface area contributed by atoms with Crippen LogP contribution in [0.2, 0.25) is 0 Å². The minimum Gasteiger partial charge on any atom is -0.389 e. The first-order chi connectivity index (χ1) is 9.81. The van der Waals surface area contributed by atoms with Crippen molar-refractivity contribution in [3.05, 3.63) is 57.6 Å². The lowest BCUT2D eigenvalue weighted by Gasteiger charge is -2.12. The van der Waals surface area contributed by atoms with Gasteiger partial charge in [0.05, 0.1) is 10.2 Å². The first-order valence-electron chi connectivity index (χ1n) is 5.50. The minimum absolute atomic E-state index is 0.0357. The zero-order valence-electron chi connectivity index (χ0n) is 10.2. The number of benzene rings is 2. The average molecular weight is 379 g/mol. The number of thiocarbonyl (C=S) groups is 1. The van der Waals surface area contributed by atoms with Crippen LogP contribution in [-0.4, -0.2) is 4.99 Å². The van der Waals surface area contributed by atoms with Gasteiger partial charge in [-0.05, 0) is 28.1 Å². The second-order valence-corrected chi connectivity index (χ2v) is 5.26. The van der Waals surface area contributed by atoms with Crippen molar-refractivity contribution in [3.63, 3.8) is 0 Å². The Balaban J connectivity index is 2.46. The molecule has 0 amide bonds. The lowest BCUT2D eigenvalue weighted by atomic mass is 10.2. The van der Waals surface area contributed by atoms with Crippen molar-refractivity contribution >= 4 is 44.5 Å². The van der Waals surface area contributed by atoms with Gasteiger partial charge < -0.3 is 11.1 Å². The molecular weight excluding hydrogens is 372 g/mol. The van der Waals surface area contributed by atoms with Gasteiger partial charge in [0.2, 0.25) is 0 Å². The van der Waals surface area contributed by atoms with Gasteiger partial charge in [0, 0.05) is 17.7 Å².